The predicted molar refractivity (Wildman–Crippen MR) is 136 cm³/mol. The SMILES string of the molecule is O=C(O)c1cn(Cc2ccc(F)nc2)nc1C(F)(F)F.O=C(O)c1cn(Cc2ccc(N3CCCC3)nc2)nc1C(F)(F)F. The Morgan fingerprint density at radius 2 is 1.18 bits per heavy atom. The van der Waals surface area contributed by atoms with E-state index in [0.29, 0.717) is 11.1 Å². The molecule has 4 aromatic rings. The number of carbonyl (C=O) groups is 2. The summed E-state index contributed by atoms with van der Waals surface area (Å²) in [6.45, 7) is 1.76. The Morgan fingerprint density at radius 1 is 0.727 bits per heavy atom. The van der Waals surface area contributed by atoms with Crippen molar-refractivity contribution < 1.29 is 50.5 Å². The fraction of sp³-hybridized carbons (Fsp3) is 0.308. The number of hydrogen-bond acceptors (Lipinski definition) is 7. The molecule has 5 rings (SSSR count). The van der Waals surface area contributed by atoms with Gasteiger partial charge in [-0.05, 0) is 36.1 Å². The highest BCUT2D eigenvalue weighted by Crippen LogP contribution is 2.32. The summed E-state index contributed by atoms with van der Waals surface area (Å²) in [7, 11) is 0. The second-order valence-electron chi connectivity index (χ2n) is 9.49. The van der Waals surface area contributed by atoms with Gasteiger partial charge >= 0.3 is 24.3 Å². The fourth-order valence-corrected chi connectivity index (χ4v) is 4.25. The summed E-state index contributed by atoms with van der Waals surface area (Å²) >= 11 is 0. The minimum atomic E-state index is -4.86. The van der Waals surface area contributed by atoms with Gasteiger partial charge in [0.15, 0.2) is 11.4 Å². The van der Waals surface area contributed by atoms with Crippen LogP contribution in [-0.4, -0.2) is 64.8 Å². The first-order chi connectivity index (χ1) is 20.6. The third kappa shape index (κ3) is 7.87. The molecule has 1 aliphatic rings. The number of hydrogen-bond donors (Lipinski definition) is 2. The van der Waals surface area contributed by atoms with Crippen LogP contribution in [0.3, 0.4) is 0 Å². The molecule has 0 amide bonds. The van der Waals surface area contributed by atoms with Gasteiger partial charge in [0.05, 0.1) is 13.1 Å². The molecular formula is C26H22F7N7O4. The Kier molecular flexibility index (Phi) is 9.19. The molecule has 44 heavy (non-hydrogen) atoms. The maximum atomic E-state index is 12.8. The molecule has 0 atom stereocenters. The molecule has 4 aromatic heterocycles. The van der Waals surface area contributed by atoms with E-state index in [4.69, 9.17) is 10.2 Å². The van der Waals surface area contributed by atoms with E-state index in [9.17, 15) is 40.3 Å². The number of rotatable bonds is 7. The second kappa shape index (κ2) is 12.7. The van der Waals surface area contributed by atoms with Crippen LogP contribution in [0, 0.1) is 5.95 Å². The Bertz CT molecular complexity index is 1610. The summed E-state index contributed by atoms with van der Waals surface area (Å²) in [6.07, 6.45) is -3.07. The average molecular weight is 629 g/mol. The first-order valence-electron chi connectivity index (χ1n) is 12.7. The zero-order valence-corrected chi connectivity index (χ0v) is 22.3. The number of halogens is 7. The summed E-state index contributed by atoms with van der Waals surface area (Å²) in [5.74, 6) is -3.27. The van der Waals surface area contributed by atoms with Crippen LogP contribution in [0.1, 0.15) is 56.1 Å². The van der Waals surface area contributed by atoms with Gasteiger partial charge in [-0.2, -0.15) is 40.9 Å². The van der Waals surface area contributed by atoms with Crippen molar-refractivity contribution in [2.24, 2.45) is 0 Å². The minimum Gasteiger partial charge on any atom is -0.478 e. The lowest BCUT2D eigenvalue weighted by Gasteiger charge is -2.16. The molecule has 0 aliphatic carbocycles. The van der Waals surface area contributed by atoms with Crippen molar-refractivity contribution in [3.63, 3.8) is 0 Å². The van der Waals surface area contributed by atoms with Crippen LogP contribution in [0.5, 0.6) is 0 Å². The lowest BCUT2D eigenvalue weighted by atomic mass is 10.2. The summed E-state index contributed by atoms with van der Waals surface area (Å²) in [4.78, 5) is 31.5. The van der Waals surface area contributed by atoms with Gasteiger partial charge in [0.1, 0.15) is 16.9 Å². The molecule has 11 nitrogen and oxygen atoms in total. The summed E-state index contributed by atoms with van der Waals surface area (Å²) < 4.78 is 90.7. The van der Waals surface area contributed by atoms with Gasteiger partial charge in [-0.3, -0.25) is 9.36 Å². The number of nitrogens with zero attached hydrogens (tertiary/aromatic N) is 7. The van der Waals surface area contributed by atoms with Crippen molar-refractivity contribution in [1.29, 1.82) is 0 Å². The highest BCUT2D eigenvalue weighted by molar-refractivity contribution is 5.89. The standard InChI is InChI=1S/C15H15F3N4O2.C11H7F4N3O2/c16-15(17,18)13-11(14(23)24)9-22(20-13)8-10-3-4-12(19-7-10)21-5-1-2-6-21;12-8-2-1-6(3-16-8)4-18-5-7(10(19)20)9(17-18)11(13,14)15/h3-4,7,9H,1-2,5-6,8H2,(H,23,24);1-3,5H,4H2,(H,19,20). The molecule has 0 radical (unpaired) electrons. The summed E-state index contributed by atoms with van der Waals surface area (Å²) in [6, 6.07) is 5.93. The maximum absolute atomic E-state index is 12.8. The average Bonchev–Trinajstić information content (AvgIpc) is 3.71. The van der Waals surface area contributed by atoms with Crippen LogP contribution in [0.4, 0.5) is 36.6 Å². The van der Waals surface area contributed by atoms with Gasteiger partial charge in [0.2, 0.25) is 5.95 Å². The van der Waals surface area contributed by atoms with Crippen LogP contribution in [0.2, 0.25) is 0 Å². The van der Waals surface area contributed by atoms with Crippen LogP contribution < -0.4 is 4.90 Å². The molecule has 1 saturated heterocycles. The van der Waals surface area contributed by atoms with Crippen LogP contribution in [-0.2, 0) is 25.4 Å². The molecule has 5 heterocycles. The lowest BCUT2D eigenvalue weighted by molar-refractivity contribution is -0.142. The number of pyridine rings is 2. The first kappa shape index (κ1) is 31.9. The zero-order valence-electron chi connectivity index (χ0n) is 22.3. The van der Waals surface area contributed by atoms with Gasteiger partial charge in [0, 0.05) is 37.9 Å². The molecule has 0 spiro atoms. The predicted octanol–water partition coefficient (Wildman–Crippen LogP) is 4.83. The normalized spacial score (nSPS) is 13.5. The van der Waals surface area contributed by atoms with Crippen molar-refractivity contribution >= 4 is 17.8 Å². The Labute approximate surface area is 243 Å². The number of alkyl halides is 6. The molecule has 0 unspecified atom stereocenters. The molecular weight excluding hydrogens is 607 g/mol. The molecule has 0 saturated carbocycles. The Balaban J connectivity index is 0.000000204. The lowest BCUT2D eigenvalue weighted by Crippen LogP contribution is -2.18. The number of anilines is 1. The van der Waals surface area contributed by atoms with E-state index in [2.05, 4.69) is 25.1 Å². The number of carboxylic acid groups (broad SMARTS) is 2. The largest absolute Gasteiger partial charge is 0.478 e. The van der Waals surface area contributed by atoms with Crippen molar-refractivity contribution in [2.45, 2.75) is 38.3 Å². The van der Waals surface area contributed by atoms with E-state index in [1.54, 1.807) is 12.3 Å². The fourth-order valence-electron chi connectivity index (χ4n) is 4.25. The summed E-state index contributed by atoms with van der Waals surface area (Å²) in [5.41, 5.74) is -3.63. The molecule has 234 valence electrons. The molecule has 18 heteroatoms. The zero-order chi connectivity index (χ0) is 32.2. The molecule has 1 aliphatic heterocycles. The minimum absolute atomic E-state index is 0.0175. The summed E-state index contributed by atoms with van der Waals surface area (Å²) in [5, 5.41) is 24.2. The molecule has 0 aromatic carbocycles. The van der Waals surface area contributed by atoms with Crippen molar-refractivity contribution in [2.75, 3.05) is 18.0 Å². The highest BCUT2D eigenvalue weighted by Gasteiger charge is 2.40. The molecule has 2 N–H and O–H groups in total. The van der Waals surface area contributed by atoms with Crippen LogP contribution in [0.25, 0.3) is 0 Å². The van der Waals surface area contributed by atoms with Gasteiger partial charge in [0.25, 0.3) is 0 Å². The maximum Gasteiger partial charge on any atom is 0.436 e. The highest BCUT2D eigenvalue weighted by atomic mass is 19.4. The quantitative estimate of drug-likeness (QED) is 0.218. The number of aromatic carboxylic acids is 2. The van der Waals surface area contributed by atoms with E-state index >= 15 is 0 Å². The van der Waals surface area contributed by atoms with Gasteiger partial charge in [-0.1, -0.05) is 12.1 Å². The molecule has 1 fully saturated rings. The number of aromatic nitrogens is 6. The Hall–Kier alpha value is -5.03. The van der Waals surface area contributed by atoms with Crippen molar-refractivity contribution in [1.82, 2.24) is 29.5 Å². The van der Waals surface area contributed by atoms with Crippen LogP contribution in [0.15, 0.2) is 49.1 Å². The van der Waals surface area contributed by atoms with Crippen molar-refractivity contribution in [3.05, 3.63) is 88.6 Å². The van der Waals surface area contributed by atoms with Gasteiger partial charge < -0.3 is 15.1 Å². The molecule has 0 bridgehead atoms. The first-order valence-corrected chi connectivity index (χ1v) is 12.7. The number of carboxylic acids is 2. The topological polar surface area (TPSA) is 139 Å². The van der Waals surface area contributed by atoms with E-state index < -0.39 is 52.8 Å². The van der Waals surface area contributed by atoms with Gasteiger partial charge in [-0.25, -0.2) is 19.6 Å². The monoisotopic (exact) mass is 629 g/mol. The van der Waals surface area contributed by atoms with E-state index in [1.807, 2.05) is 6.07 Å². The van der Waals surface area contributed by atoms with Gasteiger partial charge in [-0.15, -0.1) is 0 Å². The Morgan fingerprint density at radius 3 is 1.52 bits per heavy atom. The van der Waals surface area contributed by atoms with E-state index in [0.717, 1.165) is 65.8 Å². The van der Waals surface area contributed by atoms with E-state index in [1.165, 1.54) is 6.07 Å². The second-order valence-corrected chi connectivity index (χ2v) is 9.49. The van der Waals surface area contributed by atoms with E-state index in [-0.39, 0.29) is 13.1 Å². The third-order valence-corrected chi connectivity index (χ3v) is 6.24. The third-order valence-electron chi connectivity index (χ3n) is 6.24. The van der Waals surface area contributed by atoms with Crippen molar-refractivity contribution in [3.8, 4) is 0 Å². The van der Waals surface area contributed by atoms with Crippen LogP contribution >= 0.6 is 0 Å². The smallest absolute Gasteiger partial charge is 0.436 e.